The van der Waals surface area contributed by atoms with Crippen LogP contribution in [0.4, 0.5) is 18.9 Å². The lowest BCUT2D eigenvalue weighted by atomic mass is 9.97. The summed E-state index contributed by atoms with van der Waals surface area (Å²) in [5.41, 5.74) is -1.56. The summed E-state index contributed by atoms with van der Waals surface area (Å²) in [5, 5.41) is 2.59. The molecule has 2 atom stereocenters. The predicted molar refractivity (Wildman–Crippen MR) is 135 cm³/mol. The molecular weight excluding hydrogens is 554 g/mol. The molecule has 1 aliphatic rings. The van der Waals surface area contributed by atoms with E-state index in [2.05, 4.69) is 5.32 Å². The number of rotatable bonds is 9. The molecule has 7 nitrogen and oxygen atoms in total. The number of sulfonamides is 1. The Morgan fingerprint density at radius 2 is 1.89 bits per heavy atom. The number of alkyl halides is 3. The molecule has 202 valence electrons. The highest BCUT2D eigenvalue weighted by atomic mass is 35.5. The minimum atomic E-state index is -4.77. The minimum absolute atomic E-state index is 0.0357. The van der Waals surface area contributed by atoms with Crippen LogP contribution in [0.3, 0.4) is 0 Å². The molecule has 2 unspecified atom stereocenters. The van der Waals surface area contributed by atoms with Crippen molar-refractivity contribution in [2.75, 3.05) is 23.9 Å². The van der Waals surface area contributed by atoms with E-state index < -0.39 is 39.4 Å². The van der Waals surface area contributed by atoms with Crippen LogP contribution in [0, 0.1) is 5.92 Å². The number of hydrogen-bond acceptors (Lipinski definition) is 4. The molecule has 1 N–H and O–H groups in total. The van der Waals surface area contributed by atoms with Crippen molar-refractivity contribution >= 4 is 51.2 Å². The zero-order valence-electron chi connectivity index (χ0n) is 19.8. The Bertz CT molecular complexity index is 1230. The van der Waals surface area contributed by atoms with Gasteiger partial charge in [0, 0.05) is 24.7 Å². The number of amides is 2. The van der Waals surface area contributed by atoms with Crippen molar-refractivity contribution in [2.24, 2.45) is 5.92 Å². The molecule has 0 saturated carbocycles. The van der Waals surface area contributed by atoms with E-state index in [0.29, 0.717) is 36.3 Å². The number of hydrogen-bond donors (Lipinski definition) is 1. The fourth-order valence-corrected chi connectivity index (χ4v) is 6.42. The van der Waals surface area contributed by atoms with Gasteiger partial charge in [0.25, 0.3) is 10.0 Å². The number of carbonyl (C=O) groups excluding carboxylic acids is 2. The Kier molecular flexibility index (Phi) is 9.36. The standard InChI is InChI=1S/C24H26Cl2F3N3O4S/c1-2-21(23(34)31-11-3-4-16(14-31)13-30-15-33)32(37(35,36)19-8-6-18(25)7-9-19)22-12-17(24(27,28)29)5-10-20(22)26/h5-10,12,15-16,21H,2-4,11,13-14H2,1H3,(H,30,33). The summed E-state index contributed by atoms with van der Waals surface area (Å²) in [6.45, 7) is 2.53. The molecule has 1 aliphatic heterocycles. The van der Waals surface area contributed by atoms with Crippen molar-refractivity contribution in [2.45, 2.75) is 43.3 Å². The highest BCUT2D eigenvalue weighted by Gasteiger charge is 2.41. The number of carbonyl (C=O) groups is 2. The highest BCUT2D eigenvalue weighted by molar-refractivity contribution is 7.93. The van der Waals surface area contributed by atoms with E-state index in [1.807, 2.05) is 0 Å². The second-order valence-corrected chi connectivity index (χ2v) is 11.3. The average molecular weight is 580 g/mol. The van der Waals surface area contributed by atoms with Gasteiger partial charge in [-0.25, -0.2) is 8.42 Å². The molecule has 1 saturated heterocycles. The molecule has 2 aromatic rings. The van der Waals surface area contributed by atoms with Crippen molar-refractivity contribution in [3.8, 4) is 0 Å². The summed E-state index contributed by atoms with van der Waals surface area (Å²) in [6, 6.07) is 6.06. The monoisotopic (exact) mass is 579 g/mol. The molecule has 0 aliphatic carbocycles. The van der Waals surface area contributed by atoms with Gasteiger partial charge in [0.2, 0.25) is 12.3 Å². The van der Waals surface area contributed by atoms with Gasteiger partial charge in [0.1, 0.15) is 6.04 Å². The molecule has 1 heterocycles. The van der Waals surface area contributed by atoms with Gasteiger partial charge in [-0.3, -0.25) is 13.9 Å². The zero-order chi connectivity index (χ0) is 27.4. The van der Waals surface area contributed by atoms with E-state index in [0.717, 1.165) is 18.6 Å². The van der Waals surface area contributed by atoms with Gasteiger partial charge in [0.15, 0.2) is 0 Å². The van der Waals surface area contributed by atoms with Crippen molar-refractivity contribution < 1.29 is 31.2 Å². The first-order chi connectivity index (χ1) is 17.4. The minimum Gasteiger partial charge on any atom is -0.358 e. The van der Waals surface area contributed by atoms with Crippen LogP contribution in [0.25, 0.3) is 0 Å². The topological polar surface area (TPSA) is 86.8 Å². The molecule has 0 aromatic heterocycles. The summed E-state index contributed by atoms with van der Waals surface area (Å²) >= 11 is 12.2. The Balaban J connectivity index is 2.12. The number of nitrogens with zero attached hydrogens (tertiary/aromatic N) is 2. The number of piperidine rings is 1. The lowest BCUT2D eigenvalue weighted by Crippen LogP contribution is -2.53. The molecule has 0 spiro atoms. The van der Waals surface area contributed by atoms with Crippen molar-refractivity contribution in [1.29, 1.82) is 0 Å². The van der Waals surface area contributed by atoms with Gasteiger partial charge < -0.3 is 10.2 Å². The van der Waals surface area contributed by atoms with Crippen LogP contribution in [0.15, 0.2) is 47.4 Å². The number of anilines is 1. The van der Waals surface area contributed by atoms with Gasteiger partial charge in [-0.15, -0.1) is 0 Å². The number of halogens is 5. The van der Waals surface area contributed by atoms with E-state index in [1.54, 1.807) is 6.92 Å². The predicted octanol–water partition coefficient (Wildman–Crippen LogP) is 4.97. The van der Waals surface area contributed by atoms with Gasteiger partial charge in [-0.05, 0) is 67.6 Å². The van der Waals surface area contributed by atoms with Gasteiger partial charge in [-0.1, -0.05) is 30.1 Å². The second kappa shape index (κ2) is 11.9. The largest absolute Gasteiger partial charge is 0.416 e. The third-order valence-electron chi connectivity index (χ3n) is 6.16. The quantitative estimate of drug-likeness (QED) is 0.425. The number of benzene rings is 2. The van der Waals surface area contributed by atoms with Crippen LogP contribution in [-0.2, 0) is 25.8 Å². The molecule has 0 radical (unpaired) electrons. The van der Waals surface area contributed by atoms with Crippen molar-refractivity contribution in [3.63, 3.8) is 0 Å². The average Bonchev–Trinajstić information content (AvgIpc) is 2.86. The van der Waals surface area contributed by atoms with Gasteiger partial charge >= 0.3 is 6.18 Å². The molecule has 2 aromatic carbocycles. The Hall–Kier alpha value is -2.50. The molecule has 1 fully saturated rings. The smallest absolute Gasteiger partial charge is 0.358 e. The number of likely N-dealkylation sites (tertiary alicyclic amines) is 1. The first-order valence-corrected chi connectivity index (χ1v) is 13.7. The summed E-state index contributed by atoms with van der Waals surface area (Å²) in [6.07, 6.45) is -2.86. The Labute approximate surface area is 223 Å². The second-order valence-electron chi connectivity index (χ2n) is 8.66. The van der Waals surface area contributed by atoms with Crippen LogP contribution in [0.2, 0.25) is 10.0 Å². The summed E-state index contributed by atoms with van der Waals surface area (Å²) in [5.74, 6) is -0.608. The van der Waals surface area contributed by atoms with Crippen LogP contribution >= 0.6 is 23.2 Å². The third-order valence-corrected chi connectivity index (χ3v) is 8.57. The van der Waals surface area contributed by atoms with Gasteiger partial charge in [-0.2, -0.15) is 13.2 Å². The van der Waals surface area contributed by atoms with Gasteiger partial charge in [0.05, 0.1) is 21.2 Å². The normalized spacial score (nSPS) is 17.2. The maximum absolute atomic E-state index is 13.9. The Morgan fingerprint density at radius 1 is 1.22 bits per heavy atom. The van der Waals surface area contributed by atoms with E-state index in [1.165, 1.54) is 29.2 Å². The van der Waals surface area contributed by atoms with Crippen molar-refractivity contribution in [3.05, 3.63) is 58.1 Å². The molecule has 13 heteroatoms. The van der Waals surface area contributed by atoms with E-state index in [-0.39, 0.29) is 33.8 Å². The molecule has 37 heavy (non-hydrogen) atoms. The zero-order valence-corrected chi connectivity index (χ0v) is 22.2. The van der Waals surface area contributed by atoms with Crippen LogP contribution in [0.5, 0.6) is 0 Å². The third kappa shape index (κ3) is 6.69. The highest BCUT2D eigenvalue weighted by Crippen LogP contribution is 2.39. The number of nitrogens with one attached hydrogen (secondary N) is 1. The summed E-state index contributed by atoms with van der Waals surface area (Å²) in [4.78, 5) is 25.7. The fourth-order valence-electron chi connectivity index (χ4n) is 4.34. The lowest BCUT2D eigenvalue weighted by Gasteiger charge is -2.38. The van der Waals surface area contributed by atoms with Crippen LogP contribution < -0.4 is 9.62 Å². The van der Waals surface area contributed by atoms with E-state index in [9.17, 15) is 31.2 Å². The SMILES string of the molecule is CCC(C(=O)N1CCCC(CNC=O)C1)N(c1cc(C(F)(F)F)ccc1Cl)S(=O)(=O)c1ccc(Cl)cc1. The molecular formula is C24H26Cl2F3N3O4S. The van der Waals surface area contributed by atoms with Crippen LogP contribution in [0.1, 0.15) is 31.7 Å². The lowest BCUT2D eigenvalue weighted by molar-refractivity contribution is -0.137. The van der Waals surface area contributed by atoms with Crippen LogP contribution in [-0.4, -0.2) is 51.3 Å². The summed E-state index contributed by atoms with van der Waals surface area (Å²) < 4.78 is 69.1. The molecule has 0 bridgehead atoms. The summed E-state index contributed by atoms with van der Waals surface area (Å²) in [7, 11) is -4.56. The maximum atomic E-state index is 13.9. The fraction of sp³-hybridized carbons (Fsp3) is 0.417. The first-order valence-electron chi connectivity index (χ1n) is 11.5. The van der Waals surface area contributed by atoms with E-state index >= 15 is 0 Å². The Morgan fingerprint density at radius 3 is 2.49 bits per heavy atom. The molecule has 3 rings (SSSR count). The first kappa shape index (κ1) is 29.1. The van der Waals surface area contributed by atoms with E-state index in [4.69, 9.17) is 23.2 Å². The molecule has 2 amide bonds. The maximum Gasteiger partial charge on any atom is 0.416 e. The van der Waals surface area contributed by atoms with Crippen molar-refractivity contribution in [1.82, 2.24) is 10.2 Å².